The van der Waals surface area contributed by atoms with Gasteiger partial charge < -0.3 is 10.8 Å². The fourth-order valence-corrected chi connectivity index (χ4v) is 1.82. The smallest absolute Gasteiger partial charge is 0.123 e. The molecule has 0 aliphatic heterocycles. The van der Waals surface area contributed by atoms with Crippen LogP contribution in [0.25, 0.3) is 0 Å². The number of phenols is 1. The van der Waals surface area contributed by atoms with E-state index in [1.165, 1.54) is 12.1 Å². The first-order valence-electron chi connectivity index (χ1n) is 4.05. The molecule has 0 unspecified atom stereocenters. The highest BCUT2D eigenvalue weighted by Crippen LogP contribution is 2.34. The van der Waals surface area contributed by atoms with Crippen LogP contribution in [0, 0.1) is 0 Å². The summed E-state index contributed by atoms with van der Waals surface area (Å²) in [5.41, 5.74) is 5.97. The quantitative estimate of drug-likeness (QED) is 0.849. The molecule has 0 fully saturated rings. The Morgan fingerprint density at radius 2 is 2.07 bits per heavy atom. The van der Waals surface area contributed by atoms with Gasteiger partial charge in [-0.2, -0.15) is 0 Å². The second kappa shape index (κ2) is 4.82. The van der Waals surface area contributed by atoms with Crippen molar-refractivity contribution in [3.05, 3.63) is 27.7 Å². The fourth-order valence-electron chi connectivity index (χ4n) is 1.20. The Morgan fingerprint density at radius 1 is 1.43 bits per heavy atom. The fraction of sp³-hybridized carbons (Fsp3) is 0.333. The Balaban J connectivity index is 3.07. The van der Waals surface area contributed by atoms with E-state index in [-0.39, 0.29) is 17.2 Å². The zero-order valence-corrected chi connectivity index (χ0v) is 8.82. The van der Waals surface area contributed by atoms with Crippen molar-refractivity contribution in [1.29, 1.82) is 0 Å². The molecule has 1 aromatic carbocycles. The van der Waals surface area contributed by atoms with E-state index in [1.807, 2.05) is 0 Å². The van der Waals surface area contributed by atoms with Gasteiger partial charge in [-0.3, -0.25) is 4.39 Å². The summed E-state index contributed by atoms with van der Waals surface area (Å²) in [4.78, 5) is 0. The molecule has 14 heavy (non-hydrogen) atoms. The van der Waals surface area contributed by atoms with E-state index in [0.717, 1.165) is 0 Å². The molecule has 0 aliphatic carbocycles. The number of phenolic OH excluding ortho intramolecular Hbond substituents is 1. The first-order chi connectivity index (χ1) is 6.56. The van der Waals surface area contributed by atoms with Crippen molar-refractivity contribution in [3.8, 4) is 5.75 Å². The molecule has 0 spiro atoms. The number of hydrogen-bond acceptors (Lipinski definition) is 2. The number of nitrogens with two attached hydrogens (primary N) is 1. The molecule has 0 heterocycles. The number of rotatable bonds is 3. The predicted molar refractivity (Wildman–Crippen MR) is 55.6 cm³/mol. The van der Waals surface area contributed by atoms with Crippen molar-refractivity contribution >= 4 is 23.2 Å². The van der Waals surface area contributed by atoms with Crippen LogP contribution in [0.15, 0.2) is 12.1 Å². The molecular weight excluding hydrogens is 228 g/mol. The minimum absolute atomic E-state index is 0.0940. The van der Waals surface area contributed by atoms with Crippen molar-refractivity contribution in [1.82, 2.24) is 0 Å². The van der Waals surface area contributed by atoms with Gasteiger partial charge in [0.05, 0.1) is 11.7 Å². The Labute approximate surface area is 91.4 Å². The summed E-state index contributed by atoms with van der Waals surface area (Å²) in [6.45, 7) is -0.556. The molecule has 1 rings (SSSR count). The summed E-state index contributed by atoms with van der Waals surface area (Å²) in [6, 6.07) is 2.20. The third-order valence-corrected chi connectivity index (χ3v) is 2.39. The average Bonchev–Trinajstić information content (AvgIpc) is 2.01. The summed E-state index contributed by atoms with van der Waals surface area (Å²) in [5.74, 6) is -0.0940. The maximum Gasteiger partial charge on any atom is 0.123 e. The lowest BCUT2D eigenvalue weighted by molar-refractivity contribution is 0.424. The maximum absolute atomic E-state index is 12.0. The molecule has 0 bridgehead atoms. The Morgan fingerprint density at radius 3 is 2.57 bits per heavy atom. The van der Waals surface area contributed by atoms with Gasteiger partial charge in [0.1, 0.15) is 5.75 Å². The summed E-state index contributed by atoms with van der Waals surface area (Å²) in [5, 5.41) is 10.1. The molecular formula is C9H10Cl2FNO. The van der Waals surface area contributed by atoms with Gasteiger partial charge in [0.15, 0.2) is 0 Å². The van der Waals surface area contributed by atoms with Crippen LogP contribution in [0.2, 0.25) is 10.0 Å². The zero-order valence-electron chi connectivity index (χ0n) is 7.30. The van der Waals surface area contributed by atoms with Crippen molar-refractivity contribution in [2.75, 3.05) is 6.67 Å². The summed E-state index contributed by atoms with van der Waals surface area (Å²) < 4.78 is 12.0. The molecule has 78 valence electrons. The van der Waals surface area contributed by atoms with E-state index >= 15 is 0 Å². The van der Waals surface area contributed by atoms with E-state index < -0.39 is 12.7 Å². The van der Waals surface area contributed by atoms with Crippen LogP contribution in [0.4, 0.5) is 4.39 Å². The van der Waals surface area contributed by atoms with Gasteiger partial charge in [0, 0.05) is 16.6 Å². The third-order valence-electron chi connectivity index (χ3n) is 1.86. The van der Waals surface area contributed by atoms with Gasteiger partial charge in [-0.25, -0.2) is 0 Å². The van der Waals surface area contributed by atoms with E-state index in [0.29, 0.717) is 10.6 Å². The van der Waals surface area contributed by atoms with Gasteiger partial charge >= 0.3 is 0 Å². The first kappa shape index (κ1) is 11.6. The van der Waals surface area contributed by atoms with E-state index in [4.69, 9.17) is 28.9 Å². The number of alkyl halides is 1. The monoisotopic (exact) mass is 237 g/mol. The minimum Gasteiger partial charge on any atom is -0.508 e. The van der Waals surface area contributed by atoms with Gasteiger partial charge in [0.2, 0.25) is 0 Å². The molecule has 1 atom stereocenters. The van der Waals surface area contributed by atoms with E-state index in [9.17, 15) is 9.50 Å². The lowest BCUT2D eigenvalue weighted by Crippen LogP contribution is -2.11. The van der Waals surface area contributed by atoms with Gasteiger partial charge in [0.25, 0.3) is 0 Å². The second-order valence-electron chi connectivity index (χ2n) is 2.90. The first-order valence-corrected chi connectivity index (χ1v) is 4.81. The molecule has 0 aliphatic rings. The van der Waals surface area contributed by atoms with Crippen molar-refractivity contribution in [2.45, 2.75) is 12.5 Å². The molecule has 0 saturated heterocycles. The lowest BCUT2D eigenvalue weighted by Gasteiger charge is -2.13. The maximum atomic E-state index is 12.0. The topological polar surface area (TPSA) is 46.2 Å². The van der Waals surface area contributed by atoms with Gasteiger partial charge in [-0.15, -0.1) is 0 Å². The van der Waals surface area contributed by atoms with Crippen LogP contribution in [0.3, 0.4) is 0 Å². The van der Waals surface area contributed by atoms with Gasteiger partial charge in [-0.1, -0.05) is 23.2 Å². The standard InChI is InChI=1S/C9H10Cl2FNO/c10-5-3-6(11)9(8(14)4-5)7(13)1-2-12/h3-4,7,14H,1-2,13H2/t7-/m0/s1. The largest absolute Gasteiger partial charge is 0.508 e. The minimum atomic E-state index is -0.607. The molecule has 3 N–H and O–H groups in total. The van der Waals surface area contributed by atoms with Crippen molar-refractivity contribution < 1.29 is 9.50 Å². The molecule has 5 heteroatoms. The van der Waals surface area contributed by atoms with Crippen LogP contribution >= 0.6 is 23.2 Å². The highest BCUT2D eigenvalue weighted by molar-refractivity contribution is 6.35. The van der Waals surface area contributed by atoms with Crippen molar-refractivity contribution in [2.24, 2.45) is 5.73 Å². The van der Waals surface area contributed by atoms with Crippen molar-refractivity contribution in [3.63, 3.8) is 0 Å². The molecule has 2 nitrogen and oxygen atoms in total. The molecule has 0 saturated carbocycles. The van der Waals surface area contributed by atoms with Crippen LogP contribution < -0.4 is 5.73 Å². The third kappa shape index (κ3) is 2.50. The van der Waals surface area contributed by atoms with E-state index in [1.54, 1.807) is 0 Å². The number of halogens is 3. The number of aromatic hydroxyl groups is 1. The molecule has 1 aromatic rings. The summed E-state index contributed by atoms with van der Waals surface area (Å²) in [7, 11) is 0. The number of hydrogen-bond donors (Lipinski definition) is 2. The summed E-state index contributed by atoms with van der Waals surface area (Å²) in [6.07, 6.45) is 0.120. The SMILES string of the molecule is N[C@@H](CCF)c1c(O)cc(Cl)cc1Cl. The Bertz CT molecular complexity index is 310. The predicted octanol–water partition coefficient (Wildman–Crippen LogP) is 3.06. The van der Waals surface area contributed by atoms with E-state index in [2.05, 4.69) is 0 Å². The normalized spacial score (nSPS) is 12.9. The Kier molecular flexibility index (Phi) is 3.98. The molecule has 0 aromatic heterocycles. The molecule has 0 amide bonds. The second-order valence-corrected chi connectivity index (χ2v) is 3.75. The Hall–Kier alpha value is -0.510. The molecule has 0 radical (unpaired) electrons. The zero-order chi connectivity index (χ0) is 10.7. The highest BCUT2D eigenvalue weighted by atomic mass is 35.5. The number of benzene rings is 1. The van der Waals surface area contributed by atoms with Crippen LogP contribution in [-0.4, -0.2) is 11.8 Å². The summed E-state index contributed by atoms with van der Waals surface area (Å²) >= 11 is 11.5. The highest BCUT2D eigenvalue weighted by Gasteiger charge is 2.15. The average molecular weight is 238 g/mol. The lowest BCUT2D eigenvalue weighted by atomic mass is 10.0. The van der Waals surface area contributed by atoms with Crippen LogP contribution in [-0.2, 0) is 0 Å². The van der Waals surface area contributed by atoms with Gasteiger partial charge in [-0.05, 0) is 18.6 Å². The van der Waals surface area contributed by atoms with Crippen LogP contribution in [0.5, 0.6) is 5.75 Å². The van der Waals surface area contributed by atoms with Crippen LogP contribution in [0.1, 0.15) is 18.0 Å².